The van der Waals surface area contributed by atoms with Crippen LogP contribution in [0.15, 0.2) is 18.2 Å². The lowest BCUT2D eigenvalue weighted by Gasteiger charge is -2.32. The van der Waals surface area contributed by atoms with Crippen molar-refractivity contribution in [2.45, 2.75) is 19.4 Å². The van der Waals surface area contributed by atoms with Gasteiger partial charge in [0, 0.05) is 44.2 Å². The normalized spacial score (nSPS) is 18.1. The second-order valence-corrected chi connectivity index (χ2v) is 6.33. The molecular weight excluding hydrogens is 316 g/mol. The predicted molar refractivity (Wildman–Crippen MR) is 86.1 cm³/mol. The molecule has 0 bridgehead atoms. The van der Waals surface area contributed by atoms with Gasteiger partial charge < -0.3 is 15.1 Å². The van der Waals surface area contributed by atoms with Gasteiger partial charge in [-0.15, -0.1) is 0 Å². The second-order valence-electron chi connectivity index (χ2n) is 6.33. The Balaban J connectivity index is 1.88. The van der Waals surface area contributed by atoms with Crippen molar-refractivity contribution in [1.82, 2.24) is 15.1 Å². The molecule has 0 aromatic heterocycles. The molecular formula is C17H23F2N3O2. The third kappa shape index (κ3) is 4.99. The van der Waals surface area contributed by atoms with Crippen LogP contribution >= 0.6 is 0 Å². The van der Waals surface area contributed by atoms with Gasteiger partial charge in [0.05, 0.1) is 5.92 Å². The average Bonchev–Trinajstić information content (AvgIpc) is 2.53. The summed E-state index contributed by atoms with van der Waals surface area (Å²) in [5.41, 5.74) is 0.237. The van der Waals surface area contributed by atoms with Crippen molar-refractivity contribution in [2.24, 2.45) is 5.92 Å². The largest absolute Gasteiger partial charge is 0.352 e. The van der Waals surface area contributed by atoms with Crippen molar-refractivity contribution in [3.8, 4) is 0 Å². The number of carbonyl (C=O) groups is 2. The highest BCUT2D eigenvalue weighted by molar-refractivity contribution is 5.83. The van der Waals surface area contributed by atoms with Gasteiger partial charge in [0.25, 0.3) is 0 Å². The summed E-state index contributed by atoms with van der Waals surface area (Å²) in [6.07, 6.45) is 0.839. The Morgan fingerprint density at radius 2 is 2.12 bits per heavy atom. The third-order valence-electron chi connectivity index (χ3n) is 4.16. The summed E-state index contributed by atoms with van der Waals surface area (Å²) in [5.74, 6) is -1.77. The molecule has 0 saturated carbocycles. The lowest BCUT2D eigenvalue weighted by atomic mass is 9.96. The molecule has 1 atom stereocenters. The highest BCUT2D eigenvalue weighted by Crippen LogP contribution is 2.18. The molecule has 1 aliphatic heterocycles. The minimum atomic E-state index is -0.679. The van der Waals surface area contributed by atoms with Crippen molar-refractivity contribution in [1.29, 1.82) is 0 Å². The smallest absolute Gasteiger partial charge is 0.225 e. The predicted octanol–water partition coefficient (Wildman–Crippen LogP) is 1.38. The van der Waals surface area contributed by atoms with E-state index in [1.807, 2.05) is 19.0 Å². The Kier molecular flexibility index (Phi) is 6.25. The molecule has 1 aromatic carbocycles. The third-order valence-corrected chi connectivity index (χ3v) is 4.16. The molecule has 7 heteroatoms. The number of hydrogen-bond donors (Lipinski definition) is 1. The Morgan fingerprint density at radius 1 is 1.38 bits per heavy atom. The van der Waals surface area contributed by atoms with Crippen molar-refractivity contribution in [3.63, 3.8) is 0 Å². The molecule has 1 saturated heterocycles. The van der Waals surface area contributed by atoms with Crippen molar-refractivity contribution < 1.29 is 18.4 Å². The van der Waals surface area contributed by atoms with Gasteiger partial charge in [-0.2, -0.15) is 0 Å². The van der Waals surface area contributed by atoms with E-state index in [4.69, 9.17) is 0 Å². The molecule has 0 radical (unpaired) electrons. The topological polar surface area (TPSA) is 52.6 Å². The number of piperidine rings is 1. The molecule has 1 aromatic rings. The number of likely N-dealkylation sites (tertiary alicyclic amines) is 1. The SMILES string of the molecule is CN(C)CCN1CC(C(=O)NCc2ccc(F)cc2F)CCC1=O. The highest BCUT2D eigenvalue weighted by Gasteiger charge is 2.29. The quantitative estimate of drug-likeness (QED) is 0.852. The number of nitrogens with one attached hydrogen (secondary N) is 1. The summed E-state index contributed by atoms with van der Waals surface area (Å²) in [7, 11) is 3.85. The van der Waals surface area contributed by atoms with Gasteiger partial charge in [-0.05, 0) is 26.6 Å². The lowest BCUT2D eigenvalue weighted by molar-refractivity contribution is -0.138. The number of halogens is 2. The van der Waals surface area contributed by atoms with Crippen LogP contribution in [0.1, 0.15) is 18.4 Å². The van der Waals surface area contributed by atoms with Crippen molar-refractivity contribution >= 4 is 11.8 Å². The summed E-state index contributed by atoms with van der Waals surface area (Å²) in [6, 6.07) is 3.27. The van der Waals surface area contributed by atoms with E-state index in [1.165, 1.54) is 6.07 Å². The second kappa shape index (κ2) is 8.19. The molecule has 1 heterocycles. The fraction of sp³-hybridized carbons (Fsp3) is 0.529. The van der Waals surface area contributed by atoms with Crippen LogP contribution in [0.4, 0.5) is 8.78 Å². The molecule has 24 heavy (non-hydrogen) atoms. The monoisotopic (exact) mass is 339 g/mol. The van der Waals surface area contributed by atoms with E-state index in [2.05, 4.69) is 5.32 Å². The number of amides is 2. The lowest BCUT2D eigenvalue weighted by Crippen LogP contribution is -2.47. The average molecular weight is 339 g/mol. The van der Waals surface area contributed by atoms with Crippen LogP contribution in [-0.4, -0.2) is 55.3 Å². The first kappa shape index (κ1) is 18.3. The Morgan fingerprint density at radius 3 is 2.79 bits per heavy atom. The van der Waals surface area contributed by atoms with Gasteiger partial charge in [0.2, 0.25) is 11.8 Å². The molecule has 1 N–H and O–H groups in total. The van der Waals surface area contributed by atoms with Crippen LogP contribution in [0.5, 0.6) is 0 Å². The summed E-state index contributed by atoms with van der Waals surface area (Å²) < 4.78 is 26.5. The number of nitrogens with zero attached hydrogens (tertiary/aromatic N) is 2. The maximum atomic E-state index is 13.6. The van der Waals surface area contributed by atoms with Gasteiger partial charge in [-0.3, -0.25) is 9.59 Å². The van der Waals surface area contributed by atoms with E-state index in [0.717, 1.165) is 18.7 Å². The Hall–Kier alpha value is -2.02. The summed E-state index contributed by atoms with van der Waals surface area (Å²) in [5, 5.41) is 2.68. The molecule has 2 rings (SSSR count). The van der Waals surface area contributed by atoms with Crippen LogP contribution in [-0.2, 0) is 16.1 Å². The molecule has 0 aliphatic carbocycles. The van der Waals surface area contributed by atoms with Gasteiger partial charge >= 0.3 is 0 Å². The van der Waals surface area contributed by atoms with Gasteiger partial charge in [0.15, 0.2) is 0 Å². The number of rotatable bonds is 6. The summed E-state index contributed by atoms with van der Waals surface area (Å²) >= 11 is 0. The van der Waals surface area contributed by atoms with Crippen molar-refractivity contribution in [3.05, 3.63) is 35.4 Å². The van der Waals surface area contributed by atoms with E-state index in [-0.39, 0.29) is 29.8 Å². The first-order valence-electron chi connectivity index (χ1n) is 8.01. The molecule has 2 amide bonds. The van der Waals surface area contributed by atoms with Gasteiger partial charge in [-0.1, -0.05) is 6.07 Å². The zero-order valence-electron chi connectivity index (χ0n) is 14.0. The minimum absolute atomic E-state index is 0.00703. The van der Waals surface area contributed by atoms with E-state index in [1.54, 1.807) is 4.90 Å². The van der Waals surface area contributed by atoms with E-state index in [0.29, 0.717) is 25.9 Å². The number of hydrogen-bond acceptors (Lipinski definition) is 3. The maximum absolute atomic E-state index is 13.6. The first-order valence-corrected chi connectivity index (χ1v) is 8.01. The number of carbonyl (C=O) groups excluding carboxylic acids is 2. The fourth-order valence-corrected chi connectivity index (χ4v) is 2.66. The van der Waals surface area contributed by atoms with Crippen LogP contribution in [0.25, 0.3) is 0 Å². The van der Waals surface area contributed by atoms with E-state index in [9.17, 15) is 18.4 Å². The molecule has 1 aliphatic rings. The van der Waals surface area contributed by atoms with E-state index < -0.39 is 11.6 Å². The minimum Gasteiger partial charge on any atom is -0.352 e. The van der Waals surface area contributed by atoms with Crippen LogP contribution in [0, 0.1) is 17.6 Å². The van der Waals surface area contributed by atoms with Crippen molar-refractivity contribution in [2.75, 3.05) is 33.7 Å². The number of benzene rings is 1. The first-order chi connectivity index (χ1) is 11.4. The van der Waals surface area contributed by atoms with E-state index >= 15 is 0 Å². The zero-order valence-corrected chi connectivity index (χ0v) is 14.0. The Labute approximate surface area is 140 Å². The maximum Gasteiger partial charge on any atom is 0.225 e. The zero-order chi connectivity index (χ0) is 17.7. The standard InChI is InChI=1S/C17H23F2N3O2/c1-21(2)7-8-22-11-13(4-6-16(22)23)17(24)20-10-12-3-5-14(18)9-15(12)19/h3,5,9,13H,4,6-8,10-11H2,1-2H3,(H,20,24). The van der Waals surface area contributed by atoms with Crippen LogP contribution in [0.3, 0.4) is 0 Å². The molecule has 1 unspecified atom stereocenters. The fourth-order valence-electron chi connectivity index (χ4n) is 2.66. The Bertz CT molecular complexity index is 607. The molecule has 132 valence electrons. The highest BCUT2D eigenvalue weighted by atomic mass is 19.1. The molecule has 5 nitrogen and oxygen atoms in total. The molecule has 1 fully saturated rings. The number of likely N-dealkylation sites (N-methyl/N-ethyl adjacent to an activating group) is 1. The van der Waals surface area contributed by atoms with Gasteiger partial charge in [0.1, 0.15) is 11.6 Å². The summed E-state index contributed by atoms with van der Waals surface area (Å²) in [6.45, 7) is 1.71. The van der Waals surface area contributed by atoms with Crippen LogP contribution in [0.2, 0.25) is 0 Å². The van der Waals surface area contributed by atoms with Crippen LogP contribution < -0.4 is 5.32 Å². The molecule has 0 spiro atoms. The summed E-state index contributed by atoms with van der Waals surface area (Å²) in [4.78, 5) is 27.9. The van der Waals surface area contributed by atoms with Gasteiger partial charge in [-0.25, -0.2) is 8.78 Å².